The number of aromatic hydroxyl groups is 1. The minimum absolute atomic E-state index is 0.0162. The van der Waals surface area contributed by atoms with Gasteiger partial charge in [0.25, 0.3) is 0 Å². The summed E-state index contributed by atoms with van der Waals surface area (Å²) >= 11 is 0. The molecule has 11 heteroatoms. The Labute approximate surface area is 236 Å². The lowest BCUT2D eigenvalue weighted by molar-refractivity contribution is 0.157. The molecule has 41 heavy (non-hydrogen) atoms. The third kappa shape index (κ3) is 5.13. The van der Waals surface area contributed by atoms with Crippen LogP contribution in [-0.4, -0.2) is 57.4 Å². The molecule has 2 aliphatic heterocycles. The van der Waals surface area contributed by atoms with Crippen molar-refractivity contribution in [1.82, 2.24) is 19.4 Å². The minimum Gasteiger partial charge on any atom is -0.502 e. The summed E-state index contributed by atoms with van der Waals surface area (Å²) in [5.41, 5.74) is 8.51. The highest BCUT2D eigenvalue weighted by atomic mass is 19.1. The van der Waals surface area contributed by atoms with E-state index in [0.717, 1.165) is 43.2 Å². The zero-order valence-electron chi connectivity index (χ0n) is 23.1. The summed E-state index contributed by atoms with van der Waals surface area (Å²) in [5.74, 6) is -0.430. The summed E-state index contributed by atoms with van der Waals surface area (Å²) in [4.78, 5) is 26.9. The van der Waals surface area contributed by atoms with Gasteiger partial charge < -0.3 is 29.8 Å². The van der Waals surface area contributed by atoms with E-state index in [-0.39, 0.29) is 35.3 Å². The SMILES string of the molecule is COc1cc(CN(Cc2cn3c4c(c(O)c(F)cc4c2=O)OCC3C)[C@H]2CCCN(c3ccc(N)nc3)C2)ccn1. The Morgan fingerprint density at radius 1 is 1.24 bits per heavy atom. The lowest BCUT2D eigenvalue weighted by Gasteiger charge is -2.40. The number of benzene rings is 1. The molecular weight excluding hydrogens is 527 g/mol. The van der Waals surface area contributed by atoms with Crippen molar-refractivity contribution >= 4 is 22.4 Å². The van der Waals surface area contributed by atoms with Crippen LogP contribution in [0.1, 0.15) is 36.9 Å². The van der Waals surface area contributed by atoms with Crippen LogP contribution in [0.2, 0.25) is 0 Å². The second-order valence-corrected chi connectivity index (χ2v) is 10.8. The number of aromatic nitrogens is 3. The molecule has 0 spiro atoms. The fourth-order valence-electron chi connectivity index (χ4n) is 5.88. The molecule has 2 atom stereocenters. The van der Waals surface area contributed by atoms with E-state index < -0.39 is 11.6 Å². The molecule has 0 aliphatic carbocycles. The molecule has 5 heterocycles. The maximum absolute atomic E-state index is 14.7. The number of ether oxygens (including phenoxy) is 2. The number of nitrogens with two attached hydrogens (primary N) is 1. The molecule has 1 aromatic carbocycles. The van der Waals surface area contributed by atoms with Gasteiger partial charge in [-0.3, -0.25) is 9.69 Å². The van der Waals surface area contributed by atoms with E-state index >= 15 is 0 Å². The van der Waals surface area contributed by atoms with Crippen LogP contribution in [-0.2, 0) is 13.1 Å². The van der Waals surface area contributed by atoms with Gasteiger partial charge >= 0.3 is 0 Å². The number of methoxy groups -OCH3 is 1. The van der Waals surface area contributed by atoms with Crippen molar-refractivity contribution in [2.45, 2.75) is 44.9 Å². The highest BCUT2D eigenvalue weighted by molar-refractivity contribution is 5.88. The zero-order valence-corrected chi connectivity index (χ0v) is 23.1. The number of phenolic OH excluding ortho intramolecular Hbond substituents is 1. The largest absolute Gasteiger partial charge is 0.502 e. The Hall–Kier alpha value is -4.38. The van der Waals surface area contributed by atoms with Crippen molar-refractivity contribution in [2.75, 3.05) is 37.4 Å². The molecule has 1 saturated heterocycles. The molecule has 1 unspecified atom stereocenters. The van der Waals surface area contributed by atoms with E-state index in [1.165, 1.54) is 0 Å². The summed E-state index contributed by atoms with van der Waals surface area (Å²) in [5, 5.41) is 10.5. The molecule has 0 radical (unpaired) electrons. The molecule has 1 fully saturated rings. The number of anilines is 2. The van der Waals surface area contributed by atoms with Crippen LogP contribution < -0.4 is 25.5 Å². The standard InChI is InChI=1S/C30H33FN6O4/c1-18-17-41-30-27-23(11-24(31)29(30)39)28(38)20(15-37(18)27)14-36(13-19-7-8-33-26(10-19)40-2)22-4-3-9-35(16-22)21-5-6-25(32)34-12-21/h5-8,10-12,15,18,22,39H,3-4,9,13-14,16-17H2,1-2H3,(H2,32,34)/t18?,22-/m0/s1. The van der Waals surface area contributed by atoms with Crippen LogP contribution >= 0.6 is 0 Å². The van der Waals surface area contributed by atoms with Crippen molar-refractivity contribution in [2.24, 2.45) is 0 Å². The second-order valence-electron chi connectivity index (χ2n) is 10.8. The normalized spacial score (nSPS) is 18.5. The molecule has 3 N–H and O–H groups in total. The van der Waals surface area contributed by atoms with Crippen LogP contribution in [0.5, 0.6) is 17.4 Å². The maximum Gasteiger partial charge on any atom is 0.213 e. The van der Waals surface area contributed by atoms with Crippen LogP contribution in [0.4, 0.5) is 15.9 Å². The van der Waals surface area contributed by atoms with E-state index in [9.17, 15) is 14.3 Å². The van der Waals surface area contributed by atoms with Gasteiger partial charge in [0, 0.05) is 56.2 Å². The van der Waals surface area contributed by atoms with Gasteiger partial charge in [0.1, 0.15) is 12.4 Å². The number of nitrogen functional groups attached to an aromatic ring is 1. The quantitative estimate of drug-likeness (QED) is 0.347. The highest BCUT2D eigenvalue weighted by Crippen LogP contribution is 2.40. The van der Waals surface area contributed by atoms with Gasteiger partial charge in [-0.25, -0.2) is 14.4 Å². The number of piperidine rings is 1. The molecule has 0 saturated carbocycles. The summed E-state index contributed by atoms with van der Waals surface area (Å²) < 4.78 is 27.6. The van der Waals surface area contributed by atoms with Crippen molar-refractivity contribution in [1.29, 1.82) is 0 Å². The highest BCUT2D eigenvalue weighted by Gasteiger charge is 2.30. The molecule has 3 aromatic heterocycles. The first-order chi connectivity index (χ1) is 19.8. The van der Waals surface area contributed by atoms with Crippen molar-refractivity contribution in [3.05, 3.63) is 76.1 Å². The Kier molecular flexibility index (Phi) is 7.12. The fraction of sp³-hybridized carbons (Fsp3) is 0.367. The zero-order chi connectivity index (χ0) is 28.7. The average Bonchev–Trinajstić information content (AvgIpc) is 2.99. The lowest BCUT2D eigenvalue weighted by Crippen LogP contribution is -2.48. The van der Waals surface area contributed by atoms with Gasteiger partial charge in [0.2, 0.25) is 5.88 Å². The average molecular weight is 561 g/mol. The Morgan fingerprint density at radius 3 is 2.88 bits per heavy atom. The smallest absolute Gasteiger partial charge is 0.213 e. The number of rotatable bonds is 7. The van der Waals surface area contributed by atoms with Gasteiger partial charge in [-0.2, -0.15) is 0 Å². The van der Waals surface area contributed by atoms with Crippen LogP contribution in [0.15, 0.2) is 53.7 Å². The van der Waals surface area contributed by atoms with E-state index in [1.54, 1.807) is 25.6 Å². The lowest BCUT2D eigenvalue weighted by atomic mass is 10.0. The van der Waals surface area contributed by atoms with Gasteiger partial charge in [-0.15, -0.1) is 0 Å². The molecule has 0 amide bonds. The Bertz CT molecular complexity index is 1640. The summed E-state index contributed by atoms with van der Waals surface area (Å²) in [6.07, 6.45) is 7.26. The van der Waals surface area contributed by atoms with Crippen LogP contribution in [0.3, 0.4) is 0 Å². The fourth-order valence-corrected chi connectivity index (χ4v) is 5.88. The van der Waals surface area contributed by atoms with Gasteiger partial charge in [0.05, 0.1) is 35.9 Å². The number of pyridine rings is 3. The van der Waals surface area contributed by atoms with Crippen molar-refractivity contribution in [3.8, 4) is 17.4 Å². The van der Waals surface area contributed by atoms with Crippen molar-refractivity contribution in [3.63, 3.8) is 0 Å². The Morgan fingerprint density at radius 2 is 2.10 bits per heavy atom. The number of hydrogen-bond donors (Lipinski definition) is 2. The first-order valence-electron chi connectivity index (χ1n) is 13.7. The van der Waals surface area contributed by atoms with E-state index in [1.807, 2.05) is 35.9 Å². The van der Waals surface area contributed by atoms with Crippen molar-refractivity contribution < 1.29 is 19.0 Å². The predicted octanol–water partition coefficient (Wildman–Crippen LogP) is 3.85. The van der Waals surface area contributed by atoms with E-state index in [2.05, 4.69) is 19.8 Å². The number of nitrogens with zero attached hydrogens (tertiary/aromatic N) is 5. The van der Waals surface area contributed by atoms with Crippen LogP contribution in [0.25, 0.3) is 10.9 Å². The van der Waals surface area contributed by atoms with Gasteiger partial charge in [-0.1, -0.05) is 0 Å². The monoisotopic (exact) mass is 560 g/mol. The third-order valence-electron chi connectivity index (χ3n) is 8.03. The van der Waals surface area contributed by atoms with Crippen LogP contribution in [0, 0.1) is 5.82 Å². The number of phenols is 1. The van der Waals surface area contributed by atoms with Gasteiger partial charge in [0.15, 0.2) is 22.7 Å². The molecule has 214 valence electrons. The molecule has 4 aromatic rings. The number of hydrogen-bond acceptors (Lipinski definition) is 9. The minimum atomic E-state index is -0.872. The van der Waals surface area contributed by atoms with E-state index in [4.69, 9.17) is 15.2 Å². The summed E-state index contributed by atoms with van der Waals surface area (Å²) in [6.45, 7) is 4.77. The molecule has 0 bridgehead atoms. The maximum atomic E-state index is 14.7. The summed E-state index contributed by atoms with van der Waals surface area (Å²) in [6, 6.07) is 8.76. The van der Waals surface area contributed by atoms with Gasteiger partial charge in [-0.05, 0) is 49.6 Å². The second kappa shape index (κ2) is 10.9. The predicted molar refractivity (Wildman–Crippen MR) is 154 cm³/mol. The molecule has 2 aliphatic rings. The molecule has 6 rings (SSSR count). The third-order valence-corrected chi connectivity index (χ3v) is 8.03. The summed E-state index contributed by atoms with van der Waals surface area (Å²) in [7, 11) is 1.58. The molecular formula is C30H33FN6O4. The van der Waals surface area contributed by atoms with E-state index in [0.29, 0.717) is 35.9 Å². The molecule has 10 nitrogen and oxygen atoms in total. The Balaban J connectivity index is 1.39. The first kappa shape index (κ1) is 26.8. The first-order valence-corrected chi connectivity index (χ1v) is 13.7. The number of halogens is 1. The topological polar surface area (TPSA) is 119 Å².